The van der Waals surface area contributed by atoms with Crippen molar-refractivity contribution in [2.45, 2.75) is 52.5 Å². The van der Waals surface area contributed by atoms with Crippen LogP contribution in [0.1, 0.15) is 63.8 Å². The van der Waals surface area contributed by atoms with Crippen LogP contribution in [0.5, 0.6) is 11.5 Å². The summed E-state index contributed by atoms with van der Waals surface area (Å²) < 4.78 is 11.3. The van der Waals surface area contributed by atoms with Crippen molar-refractivity contribution in [1.29, 1.82) is 0 Å². The second-order valence-corrected chi connectivity index (χ2v) is 10.3. The van der Waals surface area contributed by atoms with Crippen molar-refractivity contribution in [3.63, 3.8) is 0 Å². The molecule has 1 heterocycles. The second-order valence-electron chi connectivity index (χ2n) is 10.3. The fourth-order valence-corrected chi connectivity index (χ4v) is 4.56. The number of aliphatic hydroxyl groups is 1. The number of ketones is 1. The first-order chi connectivity index (χ1) is 18.2. The van der Waals surface area contributed by atoms with Gasteiger partial charge in [-0.05, 0) is 66.3 Å². The van der Waals surface area contributed by atoms with E-state index >= 15 is 0 Å². The molecule has 1 atom stereocenters. The average molecular weight is 514 g/mol. The molecule has 0 aliphatic carbocycles. The Morgan fingerprint density at radius 1 is 0.895 bits per heavy atom. The molecule has 0 spiro atoms. The molecule has 1 N–H and O–H groups in total. The minimum Gasteiger partial charge on any atom is -0.507 e. The molecule has 198 valence electrons. The number of anilines is 1. The molecule has 3 aromatic rings. The monoisotopic (exact) mass is 513 g/mol. The van der Waals surface area contributed by atoms with Crippen molar-refractivity contribution in [1.82, 2.24) is 0 Å². The van der Waals surface area contributed by atoms with Crippen LogP contribution in [0.15, 0.2) is 78.4 Å². The first-order valence-electron chi connectivity index (χ1n) is 13.0. The van der Waals surface area contributed by atoms with E-state index in [2.05, 4.69) is 20.8 Å². The van der Waals surface area contributed by atoms with Crippen LogP contribution in [0, 0.1) is 0 Å². The molecular formula is C32H35NO5. The van der Waals surface area contributed by atoms with Crippen LogP contribution >= 0.6 is 0 Å². The lowest BCUT2D eigenvalue weighted by atomic mass is 9.85. The third-order valence-electron chi connectivity index (χ3n) is 6.54. The van der Waals surface area contributed by atoms with Crippen LogP contribution in [0.3, 0.4) is 0 Å². The number of hydrogen-bond donors (Lipinski definition) is 1. The first-order valence-corrected chi connectivity index (χ1v) is 13.0. The van der Waals surface area contributed by atoms with Gasteiger partial charge in [-0.1, -0.05) is 64.1 Å². The molecule has 6 nitrogen and oxygen atoms in total. The number of nitrogens with zero attached hydrogens (tertiary/aromatic N) is 1. The Bertz CT molecular complexity index is 1330. The Labute approximate surface area is 224 Å². The third-order valence-corrected chi connectivity index (χ3v) is 6.54. The Kier molecular flexibility index (Phi) is 7.91. The first kappa shape index (κ1) is 27.0. The van der Waals surface area contributed by atoms with E-state index < -0.39 is 17.7 Å². The smallest absolute Gasteiger partial charge is 0.300 e. The largest absolute Gasteiger partial charge is 0.507 e. The highest BCUT2D eigenvalue weighted by molar-refractivity contribution is 6.51. The molecule has 1 aliphatic heterocycles. The van der Waals surface area contributed by atoms with Crippen LogP contribution in [-0.4, -0.2) is 30.0 Å². The van der Waals surface area contributed by atoms with Crippen molar-refractivity contribution < 1.29 is 24.2 Å². The van der Waals surface area contributed by atoms with E-state index in [4.69, 9.17) is 9.47 Å². The summed E-state index contributed by atoms with van der Waals surface area (Å²) in [5.41, 5.74) is 2.79. The Balaban J connectivity index is 1.86. The zero-order valence-electron chi connectivity index (χ0n) is 22.7. The van der Waals surface area contributed by atoms with Gasteiger partial charge in [-0.2, -0.15) is 0 Å². The molecule has 1 aliphatic rings. The van der Waals surface area contributed by atoms with Gasteiger partial charge in [0.15, 0.2) is 0 Å². The minimum atomic E-state index is -0.804. The molecule has 38 heavy (non-hydrogen) atoms. The van der Waals surface area contributed by atoms with E-state index in [-0.39, 0.29) is 16.7 Å². The van der Waals surface area contributed by atoms with Crippen LogP contribution in [0.2, 0.25) is 0 Å². The van der Waals surface area contributed by atoms with Crippen molar-refractivity contribution in [2.75, 3.05) is 18.1 Å². The number of ether oxygens (including phenoxy) is 2. The Hall–Kier alpha value is -4.06. The lowest BCUT2D eigenvalue weighted by Crippen LogP contribution is -2.29. The third kappa shape index (κ3) is 5.44. The quantitative estimate of drug-likeness (QED) is 0.204. The zero-order chi connectivity index (χ0) is 27.4. The van der Waals surface area contributed by atoms with Crippen LogP contribution < -0.4 is 14.4 Å². The molecule has 4 rings (SSSR count). The number of aliphatic hydroxyl groups excluding tert-OH is 1. The summed E-state index contributed by atoms with van der Waals surface area (Å²) >= 11 is 0. The molecule has 0 aromatic heterocycles. The fraction of sp³-hybridized carbons (Fsp3) is 0.312. The normalized spacial score (nSPS) is 17.1. The van der Waals surface area contributed by atoms with Gasteiger partial charge in [-0.3, -0.25) is 14.5 Å². The zero-order valence-corrected chi connectivity index (χ0v) is 22.7. The van der Waals surface area contributed by atoms with Crippen molar-refractivity contribution in [3.8, 4) is 11.5 Å². The van der Waals surface area contributed by atoms with Gasteiger partial charge in [0.1, 0.15) is 17.3 Å². The maximum atomic E-state index is 13.5. The van der Waals surface area contributed by atoms with Crippen LogP contribution in [-0.2, 0) is 15.0 Å². The van der Waals surface area contributed by atoms with Gasteiger partial charge in [-0.15, -0.1) is 0 Å². The summed E-state index contributed by atoms with van der Waals surface area (Å²) in [5.74, 6) is -0.408. The highest BCUT2D eigenvalue weighted by Gasteiger charge is 2.47. The maximum absolute atomic E-state index is 13.5. The van der Waals surface area contributed by atoms with Gasteiger partial charge in [0.05, 0.1) is 24.8 Å². The highest BCUT2D eigenvalue weighted by Crippen LogP contribution is 2.43. The molecule has 0 saturated carbocycles. The van der Waals surface area contributed by atoms with E-state index in [1.807, 2.05) is 38.1 Å². The summed E-state index contributed by atoms with van der Waals surface area (Å²) in [6.45, 7) is 11.3. The maximum Gasteiger partial charge on any atom is 0.300 e. The van der Waals surface area contributed by atoms with Gasteiger partial charge in [-0.25, -0.2) is 0 Å². The van der Waals surface area contributed by atoms with Crippen molar-refractivity contribution in [3.05, 3.63) is 95.1 Å². The SMILES string of the molecule is CCCOc1cccc(/C(O)=C2/C(=O)C(=O)N(c3ccc(OCC)cc3)C2c2ccc(C(C)(C)C)cc2)c1. The summed E-state index contributed by atoms with van der Waals surface area (Å²) in [5, 5.41) is 11.5. The standard InChI is InChI=1S/C32H35NO5/c1-6-19-38-26-10-8-9-22(20-26)29(34)27-28(21-11-13-23(14-12-21)32(3,4)5)33(31(36)30(27)35)24-15-17-25(18-16-24)37-7-2/h8-18,20,28,34H,6-7,19H2,1-5H3/b29-27-. The molecule has 1 unspecified atom stereocenters. The molecular weight excluding hydrogens is 478 g/mol. The topological polar surface area (TPSA) is 76.1 Å². The fourth-order valence-electron chi connectivity index (χ4n) is 4.56. The van der Waals surface area contributed by atoms with Gasteiger partial charge in [0.25, 0.3) is 11.7 Å². The lowest BCUT2D eigenvalue weighted by Gasteiger charge is -2.27. The molecule has 0 bridgehead atoms. The lowest BCUT2D eigenvalue weighted by molar-refractivity contribution is -0.132. The van der Waals surface area contributed by atoms with E-state index in [1.54, 1.807) is 48.5 Å². The van der Waals surface area contributed by atoms with E-state index in [9.17, 15) is 14.7 Å². The second kappa shape index (κ2) is 11.1. The Morgan fingerprint density at radius 3 is 2.18 bits per heavy atom. The van der Waals surface area contributed by atoms with Crippen molar-refractivity contribution >= 4 is 23.1 Å². The molecule has 0 radical (unpaired) electrons. The van der Waals surface area contributed by atoms with E-state index in [0.717, 1.165) is 17.5 Å². The number of rotatable bonds is 8. The number of Topliss-reactive ketones (excluding diaryl/α,β-unsaturated/α-hetero) is 1. The van der Waals surface area contributed by atoms with Gasteiger partial charge in [0.2, 0.25) is 0 Å². The molecule has 1 amide bonds. The summed E-state index contributed by atoms with van der Waals surface area (Å²) in [7, 11) is 0. The number of carbonyl (C=O) groups is 2. The predicted octanol–water partition coefficient (Wildman–Crippen LogP) is 6.80. The van der Waals surface area contributed by atoms with Crippen LogP contribution in [0.25, 0.3) is 5.76 Å². The van der Waals surface area contributed by atoms with E-state index in [0.29, 0.717) is 36.0 Å². The molecule has 1 saturated heterocycles. The molecule has 3 aromatic carbocycles. The molecule has 6 heteroatoms. The minimum absolute atomic E-state index is 0.0417. The average Bonchev–Trinajstić information content (AvgIpc) is 3.17. The van der Waals surface area contributed by atoms with E-state index in [1.165, 1.54) is 4.90 Å². The van der Waals surface area contributed by atoms with Gasteiger partial charge in [0, 0.05) is 11.3 Å². The number of carbonyl (C=O) groups excluding carboxylic acids is 2. The van der Waals surface area contributed by atoms with Crippen LogP contribution in [0.4, 0.5) is 5.69 Å². The Morgan fingerprint density at radius 2 is 1.58 bits per heavy atom. The number of benzene rings is 3. The highest BCUT2D eigenvalue weighted by atomic mass is 16.5. The number of hydrogen-bond acceptors (Lipinski definition) is 5. The summed E-state index contributed by atoms with van der Waals surface area (Å²) in [6.07, 6.45) is 0.841. The van der Waals surface area contributed by atoms with Gasteiger partial charge >= 0.3 is 0 Å². The van der Waals surface area contributed by atoms with Crippen molar-refractivity contribution in [2.24, 2.45) is 0 Å². The summed E-state index contributed by atoms with van der Waals surface area (Å²) in [6, 6.07) is 21.1. The number of amides is 1. The molecule has 1 fully saturated rings. The van der Waals surface area contributed by atoms with Gasteiger partial charge < -0.3 is 14.6 Å². The summed E-state index contributed by atoms with van der Waals surface area (Å²) in [4.78, 5) is 28.4. The predicted molar refractivity (Wildman–Crippen MR) is 150 cm³/mol.